The van der Waals surface area contributed by atoms with E-state index in [1.807, 2.05) is 0 Å². The molecule has 4 atom stereocenters. The lowest BCUT2D eigenvalue weighted by molar-refractivity contribution is -0.229. The van der Waals surface area contributed by atoms with Crippen molar-refractivity contribution in [3.05, 3.63) is 63.1 Å². The predicted octanol–water partition coefficient (Wildman–Crippen LogP) is -2.04. The van der Waals surface area contributed by atoms with Gasteiger partial charge in [-0.25, -0.2) is 9.48 Å². The summed E-state index contributed by atoms with van der Waals surface area (Å²) in [6.07, 6.45) is -0.0588. The minimum atomic E-state index is -4.59. The molecule has 15 nitrogen and oxygen atoms in total. The zero-order valence-corrected chi connectivity index (χ0v) is 20.7. The fourth-order valence-corrected chi connectivity index (χ4v) is 4.51. The largest absolute Gasteiger partial charge is 0.756 e. The molecular weight excluding hydrogens is 512 g/mol. The van der Waals surface area contributed by atoms with Crippen LogP contribution in [0.5, 0.6) is 0 Å². The number of aromatic amines is 1. The first-order valence-electron chi connectivity index (χ1n) is 11.0. The molecule has 0 saturated carbocycles. The molecule has 1 aliphatic rings. The van der Waals surface area contributed by atoms with E-state index in [4.69, 9.17) is 14.0 Å². The molecule has 1 fully saturated rings. The first kappa shape index (κ1) is 27.1. The number of hydrogen-bond donors (Lipinski definition) is 3. The Morgan fingerprint density at radius 2 is 1.97 bits per heavy atom. The Labute approximate surface area is 210 Å². The number of H-pyrrole nitrogens is 1. The van der Waals surface area contributed by atoms with E-state index in [2.05, 4.69) is 19.8 Å². The lowest BCUT2D eigenvalue weighted by Gasteiger charge is -2.26. The van der Waals surface area contributed by atoms with Crippen LogP contribution in [0.1, 0.15) is 18.2 Å². The molecule has 1 aromatic carbocycles. The zero-order chi connectivity index (χ0) is 26.7. The molecule has 3 aromatic rings. The number of phosphoric acid groups is 1. The van der Waals surface area contributed by atoms with Crippen LogP contribution in [0, 0.1) is 0 Å². The van der Waals surface area contributed by atoms with E-state index in [-0.39, 0.29) is 30.8 Å². The van der Waals surface area contributed by atoms with Crippen LogP contribution in [0.3, 0.4) is 0 Å². The average Bonchev–Trinajstić information content (AvgIpc) is 3.46. The van der Waals surface area contributed by atoms with Crippen LogP contribution in [0.4, 0.5) is 0 Å². The van der Waals surface area contributed by atoms with Crippen molar-refractivity contribution < 1.29 is 38.0 Å². The molecule has 2 aromatic heterocycles. The summed E-state index contributed by atoms with van der Waals surface area (Å²) in [5.74, 6) is 0. The van der Waals surface area contributed by atoms with Gasteiger partial charge in [-0.2, -0.15) is 0 Å². The molecule has 0 radical (unpaired) electrons. The van der Waals surface area contributed by atoms with Gasteiger partial charge in [-0.05, 0) is 11.0 Å². The van der Waals surface area contributed by atoms with Gasteiger partial charge in [0.05, 0.1) is 31.0 Å². The Balaban J connectivity index is 1.57. The van der Waals surface area contributed by atoms with Gasteiger partial charge in [0, 0.05) is 26.8 Å². The molecule has 4 rings (SSSR count). The van der Waals surface area contributed by atoms with Crippen LogP contribution >= 0.6 is 7.82 Å². The summed E-state index contributed by atoms with van der Waals surface area (Å²) < 4.78 is 34.7. The number of aromatic nitrogens is 5. The molecule has 37 heavy (non-hydrogen) atoms. The van der Waals surface area contributed by atoms with Crippen LogP contribution in [0.2, 0.25) is 0 Å². The van der Waals surface area contributed by atoms with E-state index in [0.29, 0.717) is 5.46 Å². The summed E-state index contributed by atoms with van der Waals surface area (Å²) >= 11 is 0. The average molecular weight is 536 g/mol. The highest BCUT2D eigenvalue weighted by molar-refractivity contribution is 7.45. The van der Waals surface area contributed by atoms with Gasteiger partial charge < -0.3 is 33.5 Å². The molecular formula is C20H24BN5O10P-. The number of phosphoric ester groups is 1. The number of hydrogen-bond acceptors (Lipinski definition) is 12. The molecule has 3 heterocycles. The van der Waals surface area contributed by atoms with Gasteiger partial charge in [0.15, 0.2) is 0 Å². The third-order valence-corrected chi connectivity index (χ3v) is 6.69. The van der Waals surface area contributed by atoms with Crippen LogP contribution in [0.15, 0.2) is 46.2 Å². The van der Waals surface area contributed by atoms with Crippen molar-refractivity contribution in [2.24, 2.45) is 0 Å². The Kier molecular flexibility index (Phi) is 8.21. The molecule has 0 amide bonds. The first-order chi connectivity index (χ1) is 17.6. The summed E-state index contributed by atoms with van der Waals surface area (Å²) in [6, 6.07) is 6.51. The fourth-order valence-electron chi connectivity index (χ4n) is 3.87. The van der Waals surface area contributed by atoms with Crippen LogP contribution in [0.25, 0.3) is 11.3 Å². The highest BCUT2D eigenvalue weighted by atomic mass is 31.2. The van der Waals surface area contributed by atoms with Crippen LogP contribution in [-0.2, 0) is 29.6 Å². The van der Waals surface area contributed by atoms with Crippen molar-refractivity contribution in [1.82, 2.24) is 24.5 Å². The van der Waals surface area contributed by atoms with Crippen molar-refractivity contribution in [2.75, 3.05) is 20.8 Å². The second kappa shape index (κ2) is 11.2. The number of nitrogens with one attached hydrogen (secondary N) is 1. The quantitative estimate of drug-likeness (QED) is 0.189. The van der Waals surface area contributed by atoms with Crippen LogP contribution < -0.4 is 21.6 Å². The first-order valence-corrected chi connectivity index (χ1v) is 12.5. The zero-order valence-electron chi connectivity index (χ0n) is 19.8. The highest BCUT2D eigenvalue weighted by Crippen LogP contribution is 2.44. The topological polar surface area (TPSA) is 203 Å². The van der Waals surface area contributed by atoms with Crippen LogP contribution in [-0.4, -0.2) is 74.7 Å². The van der Waals surface area contributed by atoms with E-state index in [0.717, 1.165) is 17.2 Å². The van der Waals surface area contributed by atoms with E-state index in [9.17, 15) is 29.1 Å². The van der Waals surface area contributed by atoms with Gasteiger partial charge >= 0.3 is 12.8 Å². The normalized spacial score (nSPS) is 21.2. The van der Waals surface area contributed by atoms with Crippen molar-refractivity contribution in [2.45, 2.75) is 31.4 Å². The molecule has 17 heteroatoms. The Bertz CT molecular complexity index is 1390. The molecule has 1 saturated heterocycles. The van der Waals surface area contributed by atoms with Crippen molar-refractivity contribution in [1.29, 1.82) is 0 Å². The lowest BCUT2D eigenvalue weighted by Crippen LogP contribution is -2.33. The molecule has 0 spiro atoms. The van der Waals surface area contributed by atoms with E-state index < -0.39 is 44.6 Å². The number of methoxy groups -OCH3 is 1. The highest BCUT2D eigenvalue weighted by Gasteiger charge is 2.39. The fraction of sp³-hybridized carbons (Fsp3) is 0.400. The second-order valence-electron chi connectivity index (χ2n) is 8.22. The van der Waals surface area contributed by atoms with Gasteiger partial charge in [0.1, 0.15) is 18.0 Å². The molecule has 198 valence electrons. The van der Waals surface area contributed by atoms with Crippen molar-refractivity contribution in [3.63, 3.8) is 0 Å². The maximum Gasteiger partial charge on any atom is 0.488 e. The monoisotopic (exact) mass is 536 g/mol. The van der Waals surface area contributed by atoms with Gasteiger partial charge in [0.25, 0.3) is 13.4 Å². The van der Waals surface area contributed by atoms with Gasteiger partial charge in [-0.15, -0.1) is 5.10 Å². The summed E-state index contributed by atoms with van der Waals surface area (Å²) in [5, 5.41) is 26.5. The molecule has 0 bridgehead atoms. The SMILES string of the molecule is COC[C@H]1O[C@@H](n2cc(-c3cn(Cc4ccc(B(O)O)cc4)nn3)c(=O)[nH]c2=O)CC1OP(=O)([O-])OC. The minimum Gasteiger partial charge on any atom is -0.756 e. The van der Waals surface area contributed by atoms with E-state index >= 15 is 0 Å². The smallest absolute Gasteiger partial charge is 0.488 e. The summed E-state index contributed by atoms with van der Waals surface area (Å²) in [6.45, 7) is 0.271. The molecule has 3 N–H and O–H groups in total. The standard InChI is InChI=1S/C20H25BN5O10P/c1-33-11-17-16(36-37(31,32)34-2)7-18(35-17)26-9-14(19(27)22-20(26)28)15-10-25(24-23-15)8-12-3-5-13(6-4-12)21(29)30/h3-6,9-10,16-18,29-30H,7-8,11H2,1-2H3,(H,31,32)(H,22,27,28)/p-1/t16?,17-,18-/m1/s1. The van der Waals surface area contributed by atoms with Crippen molar-refractivity contribution in [3.8, 4) is 11.3 Å². The Morgan fingerprint density at radius 3 is 2.62 bits per heavy atom. The molecule has 0 aliphatic carbocycles. The van der Waals surface area contributed by atoms with Gasteiger partial charge in [0.2, 0.25) is 0 Å². The van der Waals surface area contributed by atoms with Gasteiger partial charge in [-0.3, -0.25) is 18.9 Å². The van der Waals surface area contributed by atoms with E-state index in [1.54, 1.807) is 24.3 Å². The van der Waals surface area contributed by atoms with Gasteiger partial charge in [-0.1, -0.05) is 29.5 Å². The summed E-state index contributed by atoms with van der Waals surface area (Å²) in [7, 11) is -3.80. The Hall–Kier alpha value is -2.95. The number of nitrogens with zero attached hydrogens (tertiary/aromatic N) is 4. The summed E-state index contributed by atoms with van der Waals surface area (Å²) in [5.41, 5.74) is -0.122. The minimum absolute atomic E-state index is 0.0115. The number of benzene rings is 1. The third-order valence-electron chi connectivity index (χ3n) is 5.71. The van der Waals surface area contributed by atoms with E-state index in [1.165, 1.54) is 24.2 Å². The third kappa shape index (κ3) is 6.31. The predicted molar refractivity (Wildman–Crippen MR) is 126 cm³/mol. The summed E-state index contributed by atoms with van der Waals surface area (Å²) in [4.78, 5) is 39.2. The molecule has 1 aliphatic heterocycles. The second-order valence-corrected chi connectivity index (χ2v) is 9.69. The molecule has 2 unspecified atom stereocenters. The lowest BCUT2D eigenvalue weighted by atomic mass is 9.80. The maximum absolute atomic E-state index is 12.6. The Morgan fingerprint density at radius 1 is 1.24 bits per heavy atom. The number of ether oxygens (including phenoxy) is 2. The maximum atomic E-state index is 12.6. The number of rotatable bonds is 10. The van der Waals surface area contributed by atoms with Crippen molar-refractivity contribution >= 4 is 20.4 Å².